The topological polar surface area (TPSA) is 35.0 Å². The van der Waals surface area contributed by atoms with Crippen LogP contribution in [0.4, 0.5) is 0 Å². The minimum absolute atomic E-state index is 0.772. The molecule has 0 N–H and O–H groups in total. The van der Waals surface area contributed by atoms with Crippen molar-refractivity contribution in [2.45, 2.75) is 6.92 Å². The van der Waals surface area contributed by atoms with Crippen LogP contribution in [0.25, 0.3) is 11.0 Å². The number of aromatic nitrogens is 2. The Kier molecular flexibility index (Phi) is 1.85. The molecule has 0 fully saturated rings. The SMILES string of the molecule is COc1ccc(C)c2nccnc12. The van der Waals surface area contributed by atoms with E-state index >= 15 is 0 Å². The maximum atomic E-state index is 5.18. The third-order valence-electron chi connectivity index (χ3n) is 2.01. The quantitative estimate of drug-likeness (QED) is 0.662. The van der Waals surface area contributed by atoms with Gasteiger partial charge < -0.3 is 4.74 Å². The third-order valence-corrected chi connectivity index (χ3v) is 2.01. The Morgan fingerprint density at radius 2 is 1.77 bits per heavy atom. The number of fused-ring (bicyclic) bond motifs is 1. The van der Waals surface area contributed by atoms with Gasteiger partial charge in [-0.05, 0) is 18.6 Å². The number of nitrogens with zero attached hydrogens (tertiary/aromatic N) is 2. The van der Waals surface area contributed by atoms with Crippen LogP contribution in [-0.2, 0) is 0 Å². The van der Waals surface area contributed by atoms with Crippen molar-refractivity contribution in [3.63, 3.8) is 0 Å². The van der Waals surface area contributed by atoms with Crippen LogP contribution in [0.5, 0.6) is 5.75 Å². The summed E-state index contributed by atoms with van der Waals surface area (Å²) in [5.41, 5.74) is 2.84. The van der Waals surface area contributed by atoms with E-state index in [2.05, 4.69) is 9.97 Å². The summed E-state index contributed by atoms with van der Waals surface area (Å²) in [5, 5.41) is 0. The standard InChI is InChI=1S/C10H10N2O/c1-7-3-4-8(13-2)10-9(7)11-5-6-12-10/h3-6H,1-2H3. The van der Waals surface area contributed by atoms with E-state index in [1.165, 1.54) is 0 Å². The number of hydrogen-bond acceptors (Lipinski definition) is 3. The van der Waals surface area contributed by atoms with Crippen molar-refractivity contribution >= 4 is 11.0 Å². The van der Waals surface area contributed by atoms with Gasteiger partial charge in [0.1, 0.15) is 11.3 Å². The van der Waals surface area contributed by atoms with Gasteiger partial charge in [-0.2, -0.15) is 0 Å². The molecule has 1 aromatic heterocycles. The fraction of sp³-hybridized carbons (Fsp3) is 0.200. The number of methoxy groups -OCH3 is 1. The normalized spacial score (nSPS) is 10.3. The van der Waals surface area contributed by atoms with Crippen LogP contribution in [0, 0.1) is 6.92 Å². The molecule has 13 heavy (non-hydrogen) atoms. The second-order valence-corrected chi connectivity index (χ2v) is 2.84. The van der Waals surface area contributed by atoms with Crippen LogP contribution in [-0.4, -0.2) is 17.1 Å². The molecule has 0 saturated heterocycles. The molecule has 1 heterocycles. The molecule has 0 saturated carbocycles. The summed E-state index contributed by atoms with van der Waals surface area (Å²) >= 11 is 0. The molecule has 66 valence electrons. The highest BCUT2D eigenvalue weighted by Crippen LogP contribution is 2.23. The first kappa shape index (κ1) is 7.98. The Labute approximate surface area is 76.4 Å². The maximum absolute atomic E-state index is 5.18. The van der Waals surface area contributed by atoms with E-state index in [0.29, 0.717) is 0 Å². The Bertz CT molecular complexity index is 440. The molecule has 3 heteroatoms. The fourth-order valence-corrected chi connectivity index (χ4v) is 1.33. The predicted molar refractivity (Wildman–Crippen MR) is 50.8 cm³/mol. The van der Waals surface area contributed by atoms with Crippen LogP contribution in [0.3, 0.4) is 0 Å². The summed E-state index contributed by atoms with van der Waals surface area (Å²) in [7, 11) is 1.64. The number of benzene rings is 1. The predicted octanol–water partition coefficient (Wildman–Crippen LogP) is 1.95. The zero-order valence-corrected chi connectivity index (χ0v) is 7.61. The molecule has 0 atom stereocenters. The van der Waals surface area contributed by atoms with E-state index < -0.39 is 0 Å². The second-order valence-electron chi connectivity index (χ2n) is 2.84. The molecule has 0 aliphatic rings. The molecule has 2 rings (SSSR count). The highest BCUT2D eigenvalue weighted by molar-refractivity contribution is 5.83. The molecule has 0 bridgehead atoms. The lowest BCUT2D eigenvalue weighted by Crippen LogP contribution is -1.90. The Morgan fingerprint density at radius 1 is 1.08 bits per heavy atom. The summed E-state index contributed by atoms with van der Waals surface area (Å²) < 4.78 is 5.18. The van der Waals surface area contributed by atoms with Crippen molar-refractivity contribution < 1.29 is 4.74 Å². The largest absolute Gasteiger partial charge is 0.494 e. The highest BCUT2D eigenvalue weighted by Gasteiger charge is 2.04. The molecule has 0 radical (unpaired) electrons. The van der Waals surface area contributed by atoms with Gasteiger partial charge in [-0.1, -0.05) is 6.07 Å². The summed E-state index contributed by atoms with van der Waals surface area (Å²) in [5.74, 6) is 0.772. The second kappa shape index (κ2) is 3.01. The first-order chi connectivity index (χ1) is 6.33. The molecule has 0 amide bonds. The molecular weight excluding hydrogens is 164 g/mol. The van der Waals surface area contributed by atoms with Crippen LogP contribution in [0.15, 0.2) is 24.5 Å². The zero-order chi connectivity index (χ0) is 9.26. The maximum Gasteiger partial charge on any atom is 0.146 e. The Balaban J connectivity index is 2.84. The van der Waals surface area contributed by atoms with Crippen molar-refractivity contribution in [1.82, 2.24) is 9.97 Å². The lowest BCUT2D eigenvalue weighted by molar-refractivity contribution is 0.418. The van der Waals surface area contributed by atoms with E-state index in [9.17, 15) is 0 Å². The zero-order valence-electron chi connectivity index (χ0n) is 7.61. The number of hydrogen-bond donors (Lipinski definition) is 0. The molecule has 3 nitrogen and oxygen atoms in total. The van der Waals surface area contributed by atoms with Crippen LogP contribution in [0.2, 0.25) is 0 Å². The van der Waals surface area contributed by atoms with Crippen molar-refractivity contribution in [2.24, 2.45) is 0 Å². The van der Waals surface area contributed by atoms with E-state index in [0.717, 1.165) is 22.3 Å². The van der Waals surface area contributed by atoms with Gasteiger partial charge in [-0.15, -0.1) is 0 Å². The van der Waals surface area contributed by atoms with Gasteiger partial charge in [0.05, 0.1) is 12.6 Å². The average molecular weight is 174 g/mol. The van der Waals surface area contributed by atoms with Gasteiger partial charge >= 0.3 is 0 Å². The van der Waals surface area contributed by atoms with Crippen LogP contribution >= 0.6 is 0 Å². The van der Waals surface area contributed by atoms with Gasteiger partial charge in [0, 0.05) is 12.4 Å². The van der Waals surface area contributed by atoms with E-state index in [1.807, 2.05) is 19.1 Å². The van der Waals surface area contributed by atoms with Gasteiger partial charge in [-0.3, -0.25) is 4.98 Å². The molecule has 0 unspecified atom stereocenters. The fourth-order valence-electron chi connectivity index (χ4n) is 1.33. The summed E-state index contributed by atoms with van der Waals surface area (Å²) in [6, 6.07) is 3.89. The van der Waals surface area contributed by atoms with E-state index in [-0.39, 0.29) is 0 Å². The Hall–Kier alpha value is -1.64. The van der Waals surface area contributed by atoms with Crippen molar-refractivity contribution in [3.8, 4) is 5.75 Å². The van der Waals surface area contributed by atoms with Gasteiger partial charge in [0.15, 0.2) is 0 Å². The van der Waals surface area contributed by atoms with Crippen molar-refractivity contribution in [2.75, 3.05) is 7.11 Å². The number of ether oxygens (including phenoxy) is 1. The van der Waals surface area contributed by atoms with Gasteiger partial charge in [-0.25, -0.2) is 4.98 Å². The third kappa shape index (κ3) is 1.22. The average Bonchev–Trinajstić information content (AvgIpc) is 2.19. The molecule has 0 spiro atoms. The summed E-state index contributed by atoms with van der Waals surface area (Å²) in [6.45, 7) is 2.01. The van der Waals surface area contributed by atoms with Crippen molar-refractivity contribution in [3.05, 3.63) is 30.1 Å². The molecular formula is C10H10N2O. The minimum Gasteiger partial charge on any atom is -0.494 e. The molecule has 2 aromatic rings. The van der Waals surface area contributed by atoms with Crippen molar-refractivity contribution in [1.29, 1.82) is 0 Å². The smallest absolute Gasteiger partial charge is 0.146 e. The van der Waals surface area contributed by atoms with E-state index in [1.54, 1.807) is 19.5 Å². The summed E-state index contributed by atoms with van der Waals surface area (Å²) in [4.78, 5) is 8.47. The molecule has 0 aliphatic carbocycles. The highest BCUT2D eigenvalue weighted by atomic mass is 16.5. The van der Waals surface area contributed by atoms with Gasteiger partial charge in [0.25, 0.3) is 0 Å². The first-order valence-electron chi connectivity index (χ1n) is 4.07. The first-order valence-corrected chi connectivity index (χ1v) is 4.07. The minimum atomic E-state index is 0.772. The van der Waals surface area contributed by atoms with Crippen LogP contribution < -0.4 is 4.74 Å². The lowest BCUT2D eigenvalue weighted by atomic mass is 10.2. The van der Waals surface area contributed by atoms with Gasteiger partial charge in [0.2, 0.25) is 0 Å². The van der Waals surface area contributed by atoms with Crippen LogP contribution in [0.1, 0.15) is 5.56 Å². The monoisotopic (exact) mass is 174 g/mol. The lowest BCUT2D eigenvalue weighted by Gasteiger charge is -2.04. The number of aryl methyl sites for hydroxylation is 1. The molecule has 0 aliphatic heterocycles. The van der Waals surface area contributed by atoms with E-state index in [4.69, 9.17) is 4.74 Å². The Morgan fingerprint density at radius 3 is 2.46 bits per heavy atom. The summed E-state index contributed by atoms with van der Waals surface area (Å²) in [6.07, 6.45) is 3.36. The number of rotatable bonds is 1. The molecule has 1 aromatic carbocycles.